The summed E-state index contributed by atoms with van der Waals surface area (Å²) >= 11 is 6.03. The lowest BCUT2D eigenvalue weighted by Gasteiger charge is -2.35. The van der Waals surface area contributed by atoms with Gasteiger partial charge in [0.2, 0.25) is 0 Å². The monoisotopic (exact) mass is 288 g/mol. The van der Waals surface area contributed by atoms with E-state index in [-0.39, 0.29) is 0 Å². The zero-order valence-electron chi connectivity index (χ0n) is 10.6. The molecule has 0 spiro atoms. The lowest BCUT2D eigenvalue weighted by Crippen LogP contribution is -2.43. The van der Waals surface area contributed by atoms with Gasteiger partial charge in [-0.3, -0.25) is 4.98 Å². The highest BCUT2D eigenvalue weighted by atomic mass is 32.2. The fraction of sp³-hybridized carbons (Fsp3) is 0.750. The number of hydrogen-bond acceptors (Lipinski definition) is 5. The van der Waals surface area contributed by atoms with Gasteiger partial charge in [0.25, 0.3) is 0 Å². The summed E-state index contributed by atoms with van der Waals surface area (Å²) < 4.78 is 0. The number of nitrogens with one attached hydrogen (secondary N) is 1. The number of nitrogens with zero attached hydrogens (tertiary/aromatic N) is 1. The van der Waals surface area contributed by atoms with E-state index in [0.29, 0.717) is 6.04 Å². The van der Waals surface area contributed by atoms with Gasteiger partial charge in [0.15, 0.2) is 0 Å². The normalized spacial score (nSPS) is 31.4. The van der Waals surface area contributed by atoms with E-state index in [9.17, 15) is 0 Å². The Bertz CT molecular complexity index is 329. The van der Waals surface area contributed by atoms with Gasteiger partial charge < -0.3 is 5.32 Å². The van der Waals surface area contributed by atoms with Crippen LogP contribution in [0.3, 0.4) is 0 Å². The maximum atomic E-state index is 4.16. The molecule has 0 bridgehead atoms. The van der Waals surface area contributed by atoms with E-state index in [4.69, 9.17) is 0 Å². The Kier molecular flexibility index (Phi) is 5.21. The summed E-state index contributed by atoms with van der Waals surface area (Å²) in [6, 6.07) is 0.572. The smallest absolute Gasteiger partial charge is 0.0794 e. The van der Waals surface area contributed by atoms with Gasteiger partial charge in [0.05, 0.1) is 5.51 Å². The zero-order valence-corrected chi connectivity index (χ0v) is 13.0. The van der Waals surface area contributed by atoms with Crippen molar-refractivity contribution in [3.05, 3.63) is 16.6 Å². The van der Waals surface area contributed by atoms with Crippen molar-refractivity contribution in [1.29, 1.82) is 0 Å². The van der Waals surface area contributed by atoms with E-state index < -0.39 is 0 Å². The molecular formula is C12H20N2S3. The molecule has 1 aliphatic heterocycles. The van der Waals surface area contributed by atoms with Crippen LogP contribution in [0.5, 0.6) is 0 Å². The van der Waals surface area contributed by atoms with Gasteiger partial charge in [-0.2, -0.15) is 23.5 Å². The summed E-state index contributed by atoms with van der Waals surface area (Å²) in [6.45, 7) is 4.70. The third kappa shape index (κ3) is 3.63. The van der Waals surface area contributed by atoms with Crippen molar-refractivity contribution in [1.82, 2.24) is 10.3 Å². The van der Waals surface area contributed by atoms with Crippen LogP contribution in [0, 0.1) is 0 Å². The van der Waals surface area contributed by atoms with Crippen LogP contribution in [0.4, 0.5) is 0 Å². The Balaban J connectivity index is 1.94. The van der Waals surface area contributed by atoms with Crippen LogP contribution in [0.15, 0.2) is 11.7 Å². The molecule has 0 aromatic carbocycles. The average molecular weight is 289 g/mol. The zero-order chi connectivity index (χ0) is 12.3. The van der Waals surface area contributed by atoms with Crippen molar-refractivity contribution in [3.63, 3.8) is 0 Å². The molecular weight excluding hydrogens is 268 g/mol. The van der Waals surface area contributed by atoms with E-state index in [1.807, 2.05) is 11.7 Å². The molecule has 2 heterocycles. The van der Waals surface area contributed by atoms with Gasteiger partial charge in [0, 0.05) is 38.6 Å². The topological polar surface area (TPSA) is 24.9 Å². The first-order chi connectivity index (χ1) is 8.20. The maximum Gasteiger partial charge on any atom is 0.0794 e. The van der Waals surface area contributed by atoms with Crippen LogP contribution in [0.2, 0.25) is 0 Å². The summed E-state index contributed by atoms with van der Waals surface area (Å²) in [5, 5.41) is 5.76. The summed E-state index contributed by atoms with van der Waals surface area (Å²) in [5.74, 6) is 1.26. The molecule has 1 saturated heterocycles. The van der Waals surface area contributed by atoms with Crippen molar-refractivity contribution in [2.45, 2.75) is 42.1 Å². The number of thiazole rings is 1. The summed E-state index contributed by atoms with van der Waals surface area (Å²) in [5.41, 5.74) is 1.93. The SMILES string of the molecule is CNC(Cc1cncs1)C1CSC(C)C(C)S1. The maximum absolute atomic E-state index is 4.16. The molecule has 4 atom stereocenters. The summed E-state index contributed by atoms with van der Waals surface area (Å²) in [7, 11) is 2.08. The molecule has 2 rings (SSSR count). The van der Waals surface area contributed by atoms with E-state index in [2.05, 4.69) is 54.7 Å². The van der Waals surface area contributed by atoms with E-state index in [1.54, 1.807) is 11.3 Å². The summed E-state index contributed by atoms with van der Waals surface area (Å²) in [4.78, 5) is 5.55. The minimum Gasteiger partial charge on any atom is -0.316 e. The van der Waals surface area contributed by atoms with Gasteiger partial charge >= 0.3 is 0 Å². The van der Waals surface area contributed by atoms with Gasteiger partial charge in [-0.05, 0) is 13.5 Å². The Morgan fingerprint density at radius 2 is 2.29 bits per heavy atom. The Labute approximate surface area is 116 Å². The van der Waals surface area contributed by atoms with Crippen molar-refractivity contribution >= 4 is 34.9 Å². The molecule has 0 aliphatic carbocycles. The molecule has 1 aromatic heterocycles. The molecule has 4 unspecified atom stereocenters. The minimum absolute atomic E-state index is 0.572. The molecule has 0 amide bonds. The number of likely N-dealkylation sites (N-methyl/N-ethyl adjacent to an activating group) is 1. The first-order valence-corrected chi connectivity index (χ1v) is 8.89. The number of rotatable bonds is 4. The third-order valence-corrected chi connectivity index (χ3v) is 7.65. The van der Waals surface area contributed by atoms with Gasteiger partial charge in [0.1, 0.15) is 0 Å². The van der Waals surface area contributed by atoms with Gasteiger partial charge in [-0.25, -0.2) is 0 Å². The van der Waals surface area contributed by atoms with E-state index in [0.717, 1.165) is 22.2 Å². The average Bonchev–Trinajstić information content (AvgIpc) is 2.82. The fourth-order valence-corrected chi connectivity index (χ4v) is 5.82. The molecule has 1 aliphatic rings. The predicted molar refractivity (Wildman–Crippen MR) is 81.4 cm³/mol. The molecule has 1 fully saturated rings. The molecule has 1 N–H and O–H groups in total. The molecule has 5 heteroatoms. The molecule has 96 valence electrons. The highest BCUT2D eigenvalue weighted by Crippen LogP contribution is 2.37. The van der Waals surface area contributed by atoms with Crippen molar-refractivity contribution in [3.8, 4) is 0 Å². The Morgan fingerprint density at radius 3 is 2.88 bits per heavy atom. The third-order valence-electron chi connectivity index (χ3n) is 3.30. The van der Waals surface area contributed by atoms with Crippen LogP contribution in [-0.4, -0.2) is 39.6 Å². The number of thioether (sulfide) groups is 2. The van der Waals surface area contributed by atoms with Crippen LogP contribution in [0.1, 0.15) is 18.7 Å². The quantitative estimate of drug-likeness (QED) is 0.921. The standard InChI is InChI=1S/C12H20N2S3/c1-8-9(2)17-12(6-15-8)11(13-3)4-10-5-14-7-16-10/h5,7-9,11-13H,4,6H2,1-3H3. The van der Waals surface area contributed by atoms with Gasteiger partial charge in [-0.15, -0.1) is 11.3 Å². The van der Waals surface area contributed by atoms with Crippen LogP contribution >= 0.6 is 34.9 Å². The second-order valence-corrected chi connectivity index (χ2v) is 8.49. The second kappa shape index (κ2) is 6.45. The highest BCUT2D eigenvalue weighted by Gasteiger charge is 2.30. The lowest BCUT2D eigenvalue weighted by atomic mass is 10.1. The molecule has 2 nitrogen and oxygen atoms in total. The number of hydrogen-bond donors (Lipinski definition) is 1. The van der Waals surface area contributed by atoms with Crippen molar-refractivity contribution in [2.75, 3.05) is 12.8 Å². The molecule has 1 aromatic rings. The fourth-order valence-electron chi connectivity index (χ4n) is 2.00. The summed E-state index contributed by atoms with van der Waals surface area (Å²) in [6.07, 6.45) is 3.11. The van der Waals surface area contributed by atoms with Crippen LogP contribution < -0.4 is 5.32 Å². The highest BCUT2D eigenvalue weighted by molar-refractivity contribution is 8.07. The van der Waals surface area contributed by atoms with E-state index in [1.165, 1.54) is 10.6 Å². The Morgan fingerprint density at radius 1 is 1.47 bits per heavy atom. The first-order valence-electron chi connectivity index (χ1n) is 6.02. The minimum atomic E-state index is 0.572. The van der Waals surface area contributed by atoms with Crippen molar-refractivity contribution < 1.29 is 0 Å². The van der Waals surface area contributed by atoms with Crippen molar-refractivity contribution in [2.24, 2.45) is 0 Å². The van der Waals surface area contributed by atoms with E-state index >= 15 is 0 Å². The molecule has 17 heavy (non-hydrogen) atoms. The largest absolute Gasteiger partial charge is 0.316 e. The lowest BCUT2D eigenvalue weighted by molar-refractivity contribution is 0.557. The predicted octanol–water partition coefficient (Wildman–Crippen LogP) is 2.90. The van der Waals surface area contributed by atoms with Crippen LogP contribution in [-0.2, 0) is 6.42 Å². The first kappa shape index (κ1) is 13.7. The molecule has 0 saturated carbocycles. The van der Waals surface area contributed by atoms with Crippen LogP contribution in [0.25, 0.3) is 0 Å². The molecule has 0 radical (unpaired) electrons. The van der Waals surface area contributed by atoms with Gasteiger partial charge in [-0.1, -0.05) is 13.8 Å². The number of aromatic nitrogens is 1. The second-order valence-electron chi connectivity index (χ2n) is 4.49. The Hall–Kier alpha value is 0.290.